The summed E-state index contributed by atoms with van der Waals surface area (Å²) in [5, 5.41) is 7.32. The highest BCUT2D eigenvalue weighted by Crippen LogP contribution is 2.23. The first-order valence-electron chi connectivity index (χ1n) is 8.32. The van der Waals surface area contributed by atoms with Crippen LogP contribution >= 0.6 is 0 Å². The average Bonchev–Trinajstić information content (AvgIpc) is 2.98. The Morgan fingerprint density at radius 2 is 1.92 bits per heavy atom. The van der Waals surface area contributed by atoms with Crippen molar-refractivity contribution in [3.63, 3.8) is 0 Å². The molecule has 0 unspecified atom stereocenters. The van der Waals surface area contributed by atoms with Crippen molar-refractivity contribution >= 4 is 0 Å². The van der Waals surface area contributed by atoms with Crippen molar-refractivity contribution in [1.82, 2.24) is 15.5 Å². The van der Waals surface area contributed by atoms with E-state index < -0.39 is 5.82 Å². The van der Waals surface area contributed by atoms with Crippen molar-refractivity contribution in [2.45, 2.75) is 19.4 Å². The molecule has 0 amide bonds. The van der Waals surface area contributed by atoms with E-state index in [2.05, 4.69) is 27.6 Å². The predicted molar refractivity (Wildman–Crippen MR) is 90.7 cm³/mol. The summed E-state index contributed by atoms with van der Waals surface area (Å²) in [6, 6.07) is 12.5. The molecule has 0 spiro atoms. The molecule has 4 rings (SSSR count). The Morgan fingerprint density at radius 1 is 1.08 bits per heavy atom. The molecule has 0 radical (unpaired) electrons. The Balaban J connectivity index is 1.49. The molecule has 1 aromatic heterocycles. The SMILES string of the molecule is Fc1ccccc1OCc1noc(-c2ccc3c(c2)CCNCC3)n1. The highest BCUT2D eigenvalue weighted by Gasteiger charge is 2.14. The number of hydrogen-bond acceptors (Lipinski definition) is 5. The van der Waals surface area contributed by atoms with Crippen LogP contribution in [0.1, 0.15) is 17.0 Å². The largest absolute Gasteiger partial charge is 0.482 e. The first-order valence-corrected chi connectivity index (χ1v) is 8.32. The molecule has 0 saturated carbocycles. The molecule has 128 valence electrons. The third-order valence-electron chi connectivity index (χ3n) is 4.26. The van der Waals surface area contributed by atoms with Gasteiger partial charge in [-0.15, -0.1) is 0 Å². The fourth-order valence-corrected chi connectivity index (χ4v) is 2.94. The van der Waals surface area contributed by atoms with Crippen LogP contribution in [0.25, 0.3) is 11.5 Å². The van der Waals surface area contributed by atoms with Crippen molar-refractivity contribution in [2.75, 3.05) is 13.1 Å². The van der Waals surface area contributed by atoms with Crippen LogP contribution < -0.4 is 10.1 Å². The third-order valence-corrected chi connectivity index (χ3v) is 4.26. The summed E-state index contributed by atoms with van der Waals surface area (Å²) in [4.78, 5) is 4.36. The lowest BCUT2D eigenvalue weighted by molar-refractivity contribution is 0.274. The molecule has 25 heavy (non-hydrogen) atoms. The fraction of sp³-hybridized carbons (Fsp3) is 0.263. The van der Waals surface area contributed by atoms with Crippen LogP contribution in [0.15, 0.2) is 47.0 Å². The van der Waals surface area contributed by atoms with Gasteiger partial charge in [-0.05, 0) is 61.3 Å². The number of nitrogens with one attached hydrogen (secondary N) is 1. The monoisotopic (exact) mass is 339 g/mol. The molecule has 0 atom stereocenters. The van der Waals surface area contributed by atoms with Gasteiger partial charge in [0.25, 0.3) is 5.89 Å². The number of para-hydroxylation sites is 1. The molecule has 1 aliphatic heterocycles. The van der Waals surface area contributed by atoms with E-state index in [1.807, 2.05) is 6.07 Å². The van der Waals surface area contributed by atoms with Gasteiger partial charge in [-0.3, -0.25) is 0 Å². The number of rotatable bonds is 4. The summed E-state index contributed by atoms with van der Waals surface area (Å²) in [6.45, 7) is 2.03. The minimum Gasteiger partial charge on any atom is -0.482 e. The molecule has 0 fully saturated rings. The van der Waals surface area contributed by atoms with Gasteiger partial charge in [-0.1, -0.05) is 23.4 Å². The Bertz CT molecular complexity index is 879. The van der Waals surface area contributed by atoms with Crippen LogP contribution in [-0.4, -0.2) is 23.2 Å². The smallest absolute Gasteiger partial charge is 0.258 e. The van der Waals surface area contributed by atoms with Gasteiger partial charge >= 0.3 is 0 Å². The van der Waals surface area contributed by atoms with E-state index in [0.29, 0.717) is 11.7 Å². The number of aromatic nitrogens is 2. The molecule has 2 heterocycles. The van der Waals surface area contributed by atoms with Crippen LogP contribution in [0.2, 0.25) is 0 Å². The van der Waals surface area contributed by atoms with E-state index in [1.54, 1.807) is 18.2 Å². The maximum Gasteiger partial charge on any atom is 0.258 e. The van der Waals surface area contributed by atoms with Crippen LogP contribution in [0.4, 0.5) is 4.39 Å². The quantitative estimate of drug-likeness (QED) is 0.791. The van der Waals surface area contributed by atoms with Gasteiger partial charge in [0.1, 0.15) is 0 Å². The lowest BCUT2D eigenvalue weighted by Gasteiger charge is -2.05. The van der Waals surface area contributed by atoms with Crippen LogP contribution in [0.5, 0.6) is 5.75 Å². The second kappa shape index (κ2) is 7.03. The molecular weight excluding hydrogens is 321 g/mol. The maximum absolute atomic E-state index is 13.6. The van der Waals surface area contributed by atoms with Gasteiger partial charge in [0.2, 0.25) is 5.82 Å². The van der Waals surface area contributed by atoms with Crippen molar-refractivity contribution in [2.24, 2.45) is 0 Å². The first kappa shape index (κ1) is 15.8. The molecule has 3 aromatic rings. The van der Waals surface area contributed by atoms with Crippen LogP contribution in [-0.2, 0) is 19.4 Å². The maximum atomic E-state index is 13.6. The van der Waals surface area contributed by atoms with E-state index >= 15 is 0 Å². The lowest BCUT2D eigenvalue weighted by Crippen LogP contribution is -2.16. The van der Waals surface area contributed by atoms with E-state index in [0.717, 1.165) is 31.5 Å². The summed E-state index contributed by atoms with van der Waals surface area (Å²) in [5.41, 5.74) is 3.56. The minimum absolute atomic E-state index is 0.0549. The van der Waals surface area contributed by atoms with E-state index in [9.17, 15) is 4.39 Å². The molecule has 6 heteroatoms. The third kappa shape index (κ3) is 3.53. The van der Waals surface area contributed by atoms with Gasteiger partial charge in [0, 0.05) is 5.56 Å². The fourth-order valence-electron chi connectivity index (χ4n) is 2.94. The summed E-state index contributed by atoms with van der Waals surface area (Å²) < 4.78 is 24.3. The van der Waals surface area contributed by atoms with Gasteiger partial charge in [-0.2, -0.15) is 4.98 Å². The van der Waals surface area contributed by atoms with Gasteiger partial charge in [0.15, 0.2) is 18.2 Å². The standard InChI is InChI=1S/C19H18FN3O2/c20-16-3-1-2-4-17(16)24-12-18-22-19(25-23-18)15-6-5-13-7-9-21-10-8-14(13)11-15/h1-6,11,21H,7-10,12H2. The summed E-state index contributed by atoms with van der Waals surface area (Å²) >= 11 is 0. The van der Waals surface area contributed by atoms with Crippen LogP contribution in [0, 0.1) is 5.82 Å². The number of hydrogen-bond donors (Lipinski definition) is 1. The molecule has 1 aliphatic rings. The molecule has 1 N–H and O–H groups in total. The summed E-state index contributed by atoms with van der Waals surface area (Å²) in [5.74, 6) is 0.596. The minimum atomic E-state index is -0.411. The van der Waals surface area contributed by atoms with Gasteiger partial charge < -0.3 is 14.6 Å². The Morgan fingerprint density at radius 3 is 2.80 bits per heavy atom. The van der Waals surface area contributed by atoms with E-state index in [1.165, 1.54) is 17.2 Å². The second-order valence-electron chi connectivity index (χ2n) is 5.97. The zero-order valence-electron chi connectivity index (χ0n) is 13.7. The average molecular weight is 339 g/mol. The summed E-state index contributed by atoms with van der Waals surface area (Å²) in [7, 11) is 0. The number of fused-ring (bicyclic) bond motifs is 1. The molecule has 2 aromatic carbocycles. The lowest BCUT2D eigenvalue weighted by atomic mass is 10.00. The number of nitrogens with zero attached hydrogens (tertiary/aromatic N) is 2. The number of benzene rings is 2. The first-order chi connectivity index (χ1) is 12.3. The molecular formula is C19H18FN3O2. The van der Waals surface area contributed by atoms with Gasteiger partial charge in [-0.25, -0.2) is 4.39 Å². The van der Waals surface area contributed by atoms with E-state index in [-0.39, 0.29) is 12.4 Å². The van der Waals surface area contributed by atoms with Crippen molar-refractivity contribution in [3.05, 3.63) is 65.2 Å². The topological polar surface area (TPSA) is 60.2 Å². The highest BCUT2D eigenvalue weighted by molar-refractivity contribution is 5.56. The summed E-state index contributed by atoms with van der Waals surface area (Å²) in [6.07, 6.45) is 2.02. The van der Waals surface area contributed by atoms with Crippen molar-refractivity contribution < 1.29 is 13.7 Å². The zero-order valence-corrected chi connectivity index (χ0v) is 13.7. The Kier molecular flexibility index (Phi) is 4.43. The molecule has 0 aliphatic carbocycles. The highest BCUT2D eigenvalue weighted by atomic mass is 19.1. The van der Waals surface area contributed by atoms with Crippen LogP contribution in [0.3, 0.4) is 0 Å². The number of ether oxygens (including phenoxy) is 1. The normalized spacial score (nSPS) is 14.0. The predicted octanol–water partition coefficient (Wildman–Crippen LogP) is 3.14. The molecule has 5 nitrogen and oxygen atoms in total. The van der Waals surface area contributed by atoms with Gasteiger partial charge in [0.05, 0.1) is 0 Å². The molecule has 0 saturated heterocycles. The zero-order chi connectivity index (χ0) is 17.1. The van der Waals surface area contributed by atoms with Crippen molar-refractivity contribution in [1.29, 1.82) is 0 Å². The second-order valence-corrected chi connectivity index (χ2v) is 5.97. The van der Waals surface area contributed by atoms with Crippen molar-refractivity contribution in [3.8, 4) is 17.2 Å². The Labute approximate surface area is 144 Å². The Hall–Kier alpha value is -2.73. The van der Waals surface area contributed by atoms with E-state index in [4.69, 9.17) is 9.26 Å². The molecule has 0 bridgehead atoms. The number of halogens is 1.